The second-order valence-electron chi connectivity index (χ2n) is 5.52. The van der Waals surface area contributed by atoms with Crippen molar-refractivity contribution in [1.29, 1.82) is 5.26 Å². The van der Waals surface area contributed by atoms with Crippen molar-refractivity contribution in [3.05, 3.63) is 0 Å². The van der Waals surface area contributed by atoms with Crippen molar-refractivity contribution in [1.82, 2.24) is 9.80 Å². The molecular formula is C13H20F3N3. The minimum atomic E-state index is -4.40. The first kappa shape index (κ1) is 14.6. The third-order valence-corrected chi connectivity index (χ3v) is 4.15. The Morgan fingerprint density at radius 2 is 1.84 bits per heavy atom. The van der Waals surface area contributed by atoms with Gasteiger partial charge in [0.05, 0.1) is 6.07 Å². The summed E-state index contributed by atoms with van der Waals surface area (Å²) in [5.41, 5.74) is 0. The summed E-state index contributed by atoms with van der Waals surface area (Å²) >= 11 is 0. The number of hydrogen-bond donors (Lipinski definition) is 0. The maximum absolute atomic E-state index is 12.6. The summed E-state index contributed by atoms with van der Waals surface area (Å²) in [5, 5.41) is 8.63. The molecule has 0 saturated carbocycles. The van der Waals surface area contributed by atoms with E-state index >= 15 is 0 Å². The predicted molar refractivity (Wildman–Crippen MR) is 65.4 cm³/mol. The molecular weight excluding hydrogens is 255 g/mol. The van der Waals surface area contributed by atoms with Gasteiger partial charge in [-0.2, -0.15) is 18.4 Å². The maximum Gasteiger partial charge on any atom is 0.405 e. The Morgan fingerprint density at radius 3 is 2.42 bits per heavy atom. The lowest BCUT2D eigenvalue weighted by Crippen LogP contribution is -2.42. The molecule has 3 nitrogen and oxygen atoms in total. The van der Waals surface area contributed by atoms with Gasteiger partial charge in [-0.3, -0.25) is 4.90 Å². The van der Waals surface area contributed by atoms with E-state index in [0.717, 1.165) is 19.5 Å². The van der Waals surface area contributed by atoms with E-state index in [2.05, 4.69) is 4.90 Å². The van der Waals surface area contributed by atoms with Crippen LogP contribution in [-0.2, 0) is 0 Å². The van der Waals surface area contributed by atoms with Gasteiger partial charge in [0.2, 0.25) is 0 Å². The molecule has 19 heavy (non-hydrogen) atoms. The molecule has 6 heteroatoms. The van der Waals surface area contributed by atoms with Crippen LogP contribution in [0, 0.1) is 17.2 Å². The van der Waals surface area contributed by atoms with E-state index in [1.54, 1.807) is 4.90 Å². The van der Waals surface area contributed by atoms with Crippen molar-refractivity contribution in [2.45, 2.75) is 37.9 Å². The molecule has 0 aromatic carbocycles. The third-order valence-electron chi connectivity index (χ3n) is 4.15. The number of likely N-dealkylation sites (tertiary alicyclic amines) is 2. The van der Waals surface area contributed by atoms with Crippen molar-refractivity contribution in [3.8, 4) is 6.07 Å². The number of hydrogen-bond acceptors (Lipinski definition) is 3. The molecule has 2 saturated heterocycles. The molecule has 0 aliphatic carbocycles. The van der Waals surface area contributed by atoms with E-state index in [9.17, 15) is 13.2 Å². The molecule has 2 atom stereocenters. The van der Waals surface area contributed by atoms with Crippen LogP contribution in [0.2, 0.25) is 0 Å². The Hall–Kier alpha value is -0.800. The van der Waals surface area contributed by atoms with Crippen LogP contribution >= 0.6 is 0 Å². The van der Waals surface area contributed by atoms with Crippen LogP contribution in [0.15, 0.2) is 0 Å². The maximum atomic E-state index is 12.6. The van der Waals surface area contributed by atoms with E-state index < -0.39 is 12.1 Å². The number of piperidine rings is 1. The van der Waals surface area contributed by atoms with Crippen molar-refractivity contribution < 1.29 is 13.2 Å². The topological polar surface area (TPSA) is 30.3 Å². The van der Waals surface area contributed by atoms with E-state index in [-0.39, 0.29) is 6.54 Å². The van der Waals surface area contributed by atoms with Crippen molar-refractivity contribution >= 4 is 0 Å². The lowest BCUT2D eigenvalue weighted by molar-refractivity contribution is -0.162. The van der Waals surface area contributed by atoms with Gasteiger partial charge in [-0.1, -0.05) is 6.42 Å². The fourth-order valence-electron chi connectivity index (χ4n) is 3.04. The Bertz CT molecular complexity index is 331. The molecule has 2 rings (SSSR count). The molecule has 108 valence electrons. The van der Waals surface area contributed by atoms with Gasteiger partial charge in [0.15, 0.2) is 5.92 Å². The summed E-state index contributed by atoms with van der Waals surface area (Å²) in [6, 6.07) is 1.77. The average molecular weight is 275 g/mol. The van der Waals surface area contributed by atoms with Crippen LogP contribution < -0.4 is 0 Å². The second kappa shape index (κ2) is 6.10. The van der Waals surface area contributed by atoms with Gasteiger partial charge in [0.25, 0.3) is 0 Å². The molecule has 2 fully saturated rings. The van der Waals surface area contributed by atoms with E-state index in [1.807, 2.05) is 0 Å². The first-order valence-electron chi connectivity index (χ1n) is 6.93. The van der Waals surface area contributed by atoms with Crippen LogP contribution in [0.1, 0.15) is 25.7 Å². The highest BCUT2D eigenvalue weighted by molar-refractivity contribution is 4.93. The van der Waals surface area contributed by atoms with Gasteiger partial charge in [0, 0.05) is 19.1 Å². The molecule has 0 bridgehead atoms. The first-order valence-corrected chi connectivity index (χ1v) is 6.93. The van der Waals surface area contributed by atoms with Gasteiger partial charge >= 0.3 is 6.18 Å². The molecule has 0 radical (unpaired) electrons. The summed E-state index contributed by atoms with van der Waals surface area (Å²) in [4.78, 5) is 4.19. The summed E-state index contributed by atoms with van der Waals surface area (Å²) < 4.78 is 37.7. The third kappa shape index (κ3) is 3.83. The molecule has 0 N–H and O–H groups in total. The van der Waals surface area contributed by atoms with Gasteiger partial charge < -0.3 is 4.90 Å². The molecule has 0 aromatic rings. The minimum absolute atomic E-state index is 0.176. The van der Waals surface area contributed by atoms with Crippen LogP contribution in [0.5, 0.6) is 0 Å². The Labute approximate surface area is 112 Å². The Balaban J connectivity index is 1.83. The van der Waals surface area contributed by atoms with E-state index in [0.29, 0.717) is 19.1 Å². The number of rotatable bonds is 3. The fourth-order valence-corrected chi connectivity index (χ4v) is 3.04. The lowest BCUT2D eigenvalue weighted by atomic mass is 10.1. The van der Waals surface area contributed by atoms with Crippen LogP contribution in [0.3, 0.4) is 0 Å². The normalized spacial score (nSPS) is 28.2. The standard InChI is InChI=1S/C13H20F3N3/c14-13(15,16)11(8-17)9-18-7-4-12(10-18)19-5-2-1-3-6-19/h11-12H,1-7,9-10H2. The quantitative estimate of drug-likeness (QED) is 0.791. The fraction of sp³-hybridized carbons (Fsp3) is 0.923. The smallest absolute Gasteiger partial charge is 0.300 e. The first-order chi connectivity index (χ1) is 9.00. The molecule has 2 unspecified atom stereocenters. The molecule has 0 aromatic heterocycles. The molecule has 2 heterocycles. The zero-order valence-corrected chi connectivity index (χ0v) is 11.0. The van der Waals surface area contributed by atoms with E-state index in [1.165, 1.54) is 25.3 Å². The van der Waals surface area contributed by atoms with Crippen LogP contribution in [0.4, 0.5) is 13.2 Å². The SMILES string of the molecule is N#CC(CN1CCC(N2CCCCC2)C1)C(F)(F)F. The lowest BCUT2D eigenvalue weighted by Gasteiger charge is -2.32. The Kier molecular flexibility index (Phi) is 4.69. The average Bonchev–Trinajstić information content (AvgIpc) is 2.84. The van der Waals surface area contributed by atoms with Crippen molar-refractivity contribution in [3.63, 3.8) is 0 Å². The van der Waals surface area contributed by atoms with Gasteiger partial charge in [-0.25, -0.2) is 0 Å². The highest BCUT2D eigenvalue weighted by Crippen LogP contribution is 2.28. The summed E-state index contributed by atoms with van der Waals surface area (Å²) in [6.07, 6.45) is 0.172. The van der Waals surface area contributed by atoms with Gasteiger partial charge in [-0.15, -0.1) is 0 Å². The second-order valence-corrected chi connectivity index (χ2v) is 5.52. The van der Waals surface area contributed by atoms with E-state index in [4.69, 9.17) is 5.26 Å². The Morgan fingerprint density at radius 1 is 1.16 bits per heavy atom. The molecule has 2 aliphatic rings. The van der Waals surface area contributed by atoms with Crippen molar-refractivity contribution in [2.75, 3.05) is 32.7 Å². The highest BCUT2D eigenvalue weighted by atomic mass is 19.4. The summed E-state index contributed by atoms with van der Waals surface area (Å²) in [6.45, 7) is 3.31. The van der Waals surface area contributed by atoms with Gasteiger partial charge in [-0.05, 0) is 38.9 Å². The largest absolute Gasteiger partial charge is 0.405 e. The number of nitrogens with zero attached hydrogens (tertiary/aromatic N) is 3. The minimum Gasteiger partial charge on any atom is -0.300 e. The summed E-state index contributed by atoms with van der Waals surface area (Å²) in [5.74, 6) is -1.85. The predicted octanol–water partition coefficient (Wildman–Crippen LogP) is 2.25. The number of nitriles is 1. The molecule has 0 amide bonds. The zero-order valence-electron chi connectivity index (χ0n) is 11.0. The van der Waals surface area contributed by atoms with Gasteiger partial charge in [0.1, 0.15) is 0 Å². The highest BCUT2D eigenvalue weighted by Gasteiger charge is 2.42. The van der Waals surface area contributed by atoms with Crippen LogP contribution in [-0.4, -0.2) is 54.7 Å². The molecule has 0 spiro atoms. The number of alkyl halides is 3. The molecule has 2 aliphatic heterocycles. The zero-order chi connectivity index (χ0) is 13.9. The number of halogens is 3. The van der Waals surface area contributed by atoms with Crippen molar-refractivity contribution in [2.24, 2.45) is 5.92 Å². The summed E-state index contributed by atoms with van der Waals surface area (Å²) in [7, 11) is 0. The monoisotopic (exact) mass is 275 g/mol. The van der Waals surface area contributed by atoms with Crippen LogP contribution in [0.25, 0.3) is 0 Å².